The van der Waals surface area contributed by atoms with Crippen molar-refractivity contribution >= 4 is 67.8 Å². The number of aromatic nitrogens is 1. The Bertz CT molecular complexity index is 1300. The highest BCUT2D eigenvalue weighted by molar-refractivity contribution is 9.10. The van der Waals surface area contributed by atoms with E-state index in [-0.39, 0.29) is 18.4 Å². The standard InChI is InChI=1S/C25H24BrN3O4S/c1-4-32-19-9-7-18(8-10-19)29-24(31)22(27(3)25(29)34)12-16-14-28(15-23(30)33-5-2)21-11-6-17(26)13-20(16)21/h6-14H,4-5,15H2,1-3H3/b22-12-. The zero-order chi connectivity index (χ0) is 24.4. The zero-order valence-corrected chi connectivity index (χ0v) is 21.5. The summed E-state index contributed by atoms with van der Waals surface area (Å²) in [6, 6.07) is 13.1. The quantitative estimate of drug-likeness (QED) is 0.239. The Morgan fingerprint density at radius 1 is 1.12 bits per heavy atom. The lowest BCUT2D eigenvalue weighted by Gasteiger charge is -2.16. The van der Waals surface area contributed by atoms with Gasteiger partial charge < -0.3 is 18.9 Å². The van der Waals surface area contributed by atoms with Crippen molar-refractivity contribution in [2.45, 2.75) is 20.4 Å². The van der Waals surface area contributed by atoms with Crippen molar-refractivity contribution in [2.75, 3.05) is 25.2 Å². The summed E-state index contributed by atoms with van der Waals surface area (Å²) in [5, 5.41) is 1.29. The number of carbonyl (C=O) groups is 2. The summed E-state index contributed by atoms with van der Waals surface area (Å²) in [6.45, 7) is 4.66. The molecule has 1 aliphatic heterocycles. The van der Waals surface area contributed by atoms with Crippen LogP contribution in [0, 0.1) is 0 Å². The molecule has 7 nitrogen and oxygen atoms in total. The molecule has 0 atom stereocenters. The third-order valence-electron chi connectivity index (χ3n) is 5.44. The van der Waals surface area contributed by atoms with Crippen molar-refractivity contribution in [1.29, 1.82) is 0 Å². The number of hydrogen-bond donors (Lipinski definition) is 0. The minimum Gasteiger partial charge on any atom is -0.494 e. The highest BCUT2D eigenvalue weighted by Crippen LogP contribution is 2.32. The lowest BCUT2D eigenvalue weighted by molar-refractivity contribution is -0.143. The molecule has 1 saturated heterocycles. The molecule has 0 unspecified atom stereocenters. The fourth-order valence-electron chi connectivity index (χ4n) is 3.88. The molecule has 4 rings (SSSR count). The van der Waals surface area contributed by atoms with Crippen LogP contribution in [0.2, 0.25) is 0 Å². The van der Waals surface area contributed by atoms with Gasteiger partial charge in [0.25, 0.3) is 5.91 Å². The van der Waals surface area contributed by atoms with E-state index in [0.717, 1.165) is 26.7 Å². The van der Waals surface area contributed by atoms with Crippen molar-refractivity contribution in [1.82, 2.24) is 9.47 Å². The second kappa shape index (κ2) is 9.99. The van der Waals surface area contributed by atoms with E-state index in [1.807, 2.05) is 60.2 Å². The lowest BCUT2D eigenvalue weighted by Crippen LogP contribution is -2.31. The van der Waals surface area contributed by atoms with E-state index in [0.29, 0.717) is 29.7 Å². The van der Waals surface area contributed by atoms with Crippen LogP contribution in [-0.4, -0.2) is 46.7 Å². The number of halogens is 1. The summed E-state index contributed by atoms with van der Waals surface area (Å²) in [6.07, 6.45) is 3.66. The first-order valence-electron chi connectivity index (χ1n) is 10.8. The lowest BCUT2D eigenvalue weighted by atomic mass is 10.1. The van der Waals surface area contributed by atoms with Gasteiger partial charge in [-0.3, -0.25) is 14.5 Å². The number of likely N-dealkylation sites (N-methyl/N-ethyl adjacent to an activating group) is 1. The van der Waals surface area contributed by atoms with Crippen molar-refractivity contribution in [2.24, 2.45) is 0 Å². The van der Waals surface area contributed by atoms with Crippen LogP contribution in [0.4, 0.5) is 5.69 Å². The minimum atomic E-state index is -0.321. The van der Waals surface area contributed by atoms with Crippen LogP contribution >= 0.6 is 28.1 Å². The number of amides is 1. The van der Waals surface area contributed by atoms with E-state index in [4.69, 9.17) is 21.7 Å². The zero-order valence-electron chi connectivity index (χ0n) is 19.1. The maximum Gasteiger partial charge on any atom is 0.325 e. The summed E-state index contributed by atoms with van der Waals surface area (Å²) in [5.74, 6) is 0.185. The summed E-state index contributed by atoms with van der Waals surface area (Å²) in [7, 11) is 1.77. The van der Waals surface area contributed by atoms with Crippen LogP contribution in [0.5, 0.6) is 5.75 Å². The average Bonchev–Trinajstić information content (AvgIpc) is 3.24. The molecule has 0 N–H and O–H groups in total. The molecule has 0 spiro atoms. The molecule has 0 bridgehead atoms. The number of nitrogens with zero attached hydrogens (tertiary/aromatic N) is 3. The number of rotatable bonds is 7. The second-order valence-corrected chi connectivity index (χ2v) is 8.90. The molecule has 0 aliphatic carbocycles. The number of anilines is 1. The summed E-state index contributed by atoms with van der Waals surface area (Å²) in [5.41, 5.74) is 2.77. The van der Waals surface area contributed by atoms with E-state index in [2.05, 4.69) is 15.9 Å². The first-order valence-corrected chi connectivity index (χ1v) is 12.0. The molecule has 0 saturated carbocycles. The Morgan fingerprint density at radius 2 is 1.85 bits per heavy atom. The van der Waals surface area contributed by atoms with Crippen LogP contribution in [-0.2, 0) is 20.9 Å². The summed E-state index contributed by atoms with van der Waals surface area (Å²) in [4.78, 5) is 28.7. The van der Waals surface area contributed by atoms with Gasteiger partial charge in [-0.15, -0.1) is 0 Å². The monoisotopic (exact) mass is 541 g/mol. The third kappa shape index (κ3) is 4.58. The first kappa shape index (κ1) is 24.0. The Labute approximate surface area is 211 Å². The third-order valence-corrected chi connectivity index (χ3v) is 6.39. The fraction of sp³-hybridized carbons (Fsp3) is 0.240. The molecule has 34 heavy (non-hydrogen) atoms. The molecule has 1 fully saturated rings. The molecule has 176 valence electrons. The molecule has 1 aromatic heterocycles. The van der Waals surface area contributed by atoms with Crippen molar-refractivity contribution in [3.8, 4) is 5.75 Å². The Hall–Kier alpha value is -3.17. The molecule has 2 heterocycles. The molecule has 1 amide bonds. The molecule has 1 aliphatic rings. The van der Waals surface area contributed by atoms with E-state index in [1.165, 1.54) is 4.90 Å². The Balaban J connectivity index is 1.72. The Morgan fingerprint density at radius 3 is 2.53 bits per heavy atom. The van der Waals surface area contributed by atoms with Crippen molar-refractivity contribution in [3.05, 3.63) is 64.4 Å². The number of ether oxygens (including phenoxy) is 2. The van der Waals surface area contributed by atoms with Crippen LogP contribution in [0.25, 0.3) is 17.0 Å². The maximum absolute atomic E-state index is 13.4. The van der Waals surface area contributed by atoms with Crippen LogP contribution in [0.15, 0.2) is 58.8 Å². The first-order chi connectivity index (χ1) is 16.3. The second-order valence-electron chi connectivity index (χ2n) is 7.62. The van der Waals surface area contributed by atoms with Gasteiger partial charge in [0.1, 0.15) is 18.0 Å². The van der Waals surface area contributed by atoms with Crippen LogP contribution in [0.3, 0.4) is 0 Å². The maximum atomic E-state index is 13.4. The topological polar surface area (TPSA) is 64.0 Å². The normalized spacial score (nSPS) is 15.0. The van der Waals surface area contributed by atoms with Gasteiger partial charge >= 0.3 is 5.97 Å². The van der Waals surface area contributed by atoms with E-state index in [9.17, 15) is 9.59 Å². The van der Waals surface area contributed by atoms with Crippen molar-refractivity contribution < 1.29 is 19.1 Å². The van der Waals surface area contributed by atoms with Gasteiger partial charge in [-0.05, 0) is 74.6 Å². The Kier molecular flexibility index (Phi) is 7.04. The molecule has 2 aromatic carbocycles. The molecule has 3 aromatic rings. The average molecular weight is 542 g/mol. The largest absolute Gasteiger partial charge is 0.494 e. The van der Waals surface area contributed by atoms with Gasteiger partial charge in [0.2, 0.25) is 0 Å². The van der Waals surface area contributed by atoms with E-state index in [1.54, 1.807) is 24.9 Å². The SMILES string of the molecule is CCOC(=O)Cn1cc(/C=C2/C(=O)N(c3ccc(OCC)cc3)C(=S)N2C)c2cc(Br)ccc21. The van der Waals surface area contributed by atoms with Gasteiger partial charge in [0, 0.05) is 34.2 Å². The van der Waals surface area contributed by atoms with Crippen LogP contribution < -0.4 is 9.64 Å². The number of thiocarbonyl (C=S) groups is 1. The van der Waals surface area contributed by atoms with E-state index >= 15 is 0 Å². The van der Waals surface area contributed by atoms with Gasteiger partial charge in [0.05, 0.1) is 18.9 Å². The van der Waals surface area contributed by atoms with Crippen molar-refractivity contribution in [3.63, 3.8) is 0 Å². The number of benzene rings is 2. The number of fused-ring (bicyclic) bond motifs is 1. The predicted octanol–water partition coefficient (Wildman–Crippen LogP) is 4.97. The predicted molar refractivity (Wildman–Crippen MR) is 140 cm³/mol. The number of carbonyl (C=O) groups excluding carboxylic acids is 2. The number of esters is 1. The minimum absolute atomic E-state index is 0.0790. The van der Waals surface area contributed by atoms with Gasteiger partial charge in [-0.25, -0.2) is 0 Å². The van der Waals surface area contributed by atoms with Gasteiger partial charge in [-0.1, -0.05) is 15.9 Å². The number of hydrogen-bond acceptors (Lipinski definition) is 5. The smallest absolute Gasteiger partial charge is 0.325 e. The molecular formula is C25H24BrN3O4S. The highest BCUT2D eigenvalue weighted by atomic mass is 79.9. The van der Waals surface area contributed by atoms with Gasteiger partial charge in [0.15, 0.2) is 5.11 Å². The van der Waals surface area contributed by atoms with E-state index < -0.39 is 0 Å². The molecule has 0 radical (unpaired) electrons. The van der Waals surface area contributed by atoms with Gasteiger partial charge in [-0.2, -0.15) is 0 Å². The van der Waals surface area contributed by atoms with Crippen LogP contribution in [0.1, 0.15) is 19.4 Å². The summed E-state index contributed by atoms with van der Waals surface area (Å²) >= 11 is 9.11. The highest BCUT2D eigenvalue weighted by Gasteiger charge is 2.37. The fourth-order valence-corrected chi connectivity index (χ4v) is 4.53. The molecular weight excluding hydrogens is 518 g/mol. The summed E-state index contributed by atoms with van der Waals surface area (Å²) < 4.78 is 13.3. The molecule has 9 heteroatoms.